The SMILES string of the molecule is Cc1nc(C(C)C)nc2c1c(CN)cn2C. The van der Waals surface area contributed by atoms with Gasteiger partial charge in [-0.05, 0) is 12.5 Å². The molecule has 0 amide bonds. The average Bonchev–Trinajstić information content (AvgIpc) is 2.56. The van der Waals surface area contributed by atoms with E-state index >= 15 is 0 Å². The van der Waals surface area contributed by atoms with E-state index in [1.54, 1.807) is 0 Å². The molecule has 4 heteroatoms. The molecular formula is C12H18N4. The zero-order chi connectivity index (χ0) is 11.9. The lowest BCUT2D eigenvalue weighted by Gasteiger charge is -2.07. The maximum Gasteiger partial charge on any atom is 0.143 e. The fraction of sp³-hybridized carbons (Fsp3) is 0.500. The lowest BCUT2D eigenvalue weighted by molar-refractivity contribution is 0.769. The zero-order valence-electron chi connectivity index (χ0n) is 10.3. The van der Waals surface area contributed by atoms with Crippen molar-refractivity contribution in [2.45, 2.75) is 33.2 Å². The maximum atomic E-state index is 5.73. The van der Waals surface area contributed by atoms with Crippen LogP contribution in [0.2, 0.25) is 0 Å². The Hall–Kier alpha value is -1.42. The monoisotopic (exact) mass is 218 g/mol. The number of hydrogen-bond acceptors (Lipinski definition) is 3. The van der Waals surface area contributed by atoms with Crippen molar-refractivity contribution >= 4 is 11.0 Å². The van der Waals surface area contributed by atoms with Crippen molar-refractivity contribution in [3.63, 3.8) is 0 Å². The van der Waals surface area contributed by atoms with Crippen LogP contribution in [0.1, 0.15) is 36.8 Å². The van der Waals surface area contributed by atoms with Crippen molar-refractivity contribution < 1.29 is 0 Å². The Morgan fingerprint density at radius 2 is 2.06 bits per heavy atom. The van der Waals surface area contributed by atoms with Crippen molar-refractivity contribution in [2.75, 3.05) is 0 Å². The van der Waals surface area contributed by atoms with Crippen LogP contribution < -0.4 is 5.73 Å². The summed E-state index contributed by atoms with van der Waals surface area (Å²) >= 11 is 0. The Labute approximate surface area is 95.5 Å². The first kappa shape index (κ1) is 11.1. The molecule has 0 bridgehead atoms. The van der Waals surface area contributed by atoms with Gasteiger partial charge < -0.3 is 10.3 Å². The van der Waals surface area contributed by atoms with Crippen LogP contribution >= 0.6 is 0 Å². The molecule has 2 aromatic rings. The van der Waals surface area contributed by atoms with E-state index in [0.29, 0.717) is 12.5 Å². The Bertz CT molecular complexity index is 525. The van der Waals surface area contributed by atoms with Crippen molar-refractivity contribution in [2.24, 2.45) is 12.8 Å². The number of nitrogens with two attached hydrogens (primary N) is 1. The smallest absolute Gasteiger partial charge is 0.143 e. The van der Waals surface area contributed by atoms with Gasteiger partial charge in [0.05, 0.1) is 5.69 Å². The summed E-state index contributed by atoms with van der Waals surface area (Å²) < 4.78 is 2.03. The number of fused-ring (bicyclic) bond motifs is 1. The lowest BCUT2D eigenvalue weighted by atomic mass is 10.1. The Kier molecular flexibility index (Phi) is 2.68. The maximum absolute atomic E-state index is 5.73. The van der Waals surface area contributed by atoms with Gasteiger partial charge in [-0.15, -0.1) is 0 Å². The van der Waals surface area contributed by atoms with Gasteiger partial charge in [-0.1, -0.05) is 13.8 Å². The van der Waals surface area contributed by atoms with E-state index in [4.69, 9.17) is 5.73 Å². The molecule has 2 rings (SSSR count). The van der Waals surface area contributed by atoms with Crippen LogP contribution in [0.15, 0.2) is 6.20 Å². The van der Waals surface area contributed by atoms with Gasteiger partial charge in [-0.2, -0.15) is 0 Å². The molecule has 4 nitrogen and oxygen atoms in total. The van der Waals surface area contributed by atoms with Crippen LogP contribution in [0, 0.1) is 6.92 Å². The summed E-state index contributed by atoms with van der Waals surface area (Å²) in [7, 11) is 2.00. The Balaban J connectivity index is 2.78. The molecule has 0 saturated carbocycles. The second-order valence-corrected chi connectivity index (χ2v) is 4.49. The minimum atomic E-state index is 0.347. The molecule has 16 heavy (non-hydrogen) atoms. The van der Waals surface area contributed by atoms with Crippen LogP contribution in [0.4, 0.5) is 0 Å². The summed E-state index contributed by atoms with van der Waals surface area (Å²) in [5.74, 6) is 1.24. The fourth-order valence-electron chi connectivity index (χ4n) is 1.98. The Morgan fingerprint density at radius 3 is 2.62 bits per heavy atom. The molecule has 0 fully saturated rings. The number of aryl methyl sites for hydroxylation is 2. The molecule has 0 aliphatic rings. The summed E-state index contributed by atoms with van der Waals surface area (Å²) in [4.78, 5) is 9.14. The number of aromatic nitrogens is 3. The molecule has 0 atom stereocenters. The highest BCUT2D eigenvalue weighted by atomic mass is 15.0. The van der Waals surface area contributed by atoms with Crippen LogP contribution in [-0.4, -0.2) is 14.5 Å². The number of nitrogens with zero attached hydrogens (tertiary/aromatic N) is 3. The van der Waals surface area contributed by atoms with E-state index in [1.165, 1.54) is 0 Å². The molecule has 2 heterocycles. The van der Waals surface area contributed by atoms with Gasteiger partial charge in [0.1, 0.15) is 11.5 Å². The van der Waals surface area contributed by atoms with E-state index in [2.05, 4.69) is 23.8 Å². The minimum absolute atomic E-state index is 0.347. The second-order valence-electron chi connectivity index (χ2n) is 4.49. The van der Waals surface area contributed by atoms with Crippen LogP contribution in [-0.2, 0) is 13.6 Å². The third-order valence-electron chi connectivity index (χ3n) is 2.83. The molecule has 0 aromatic carbocycles. The summed E-state index contributed by atoms with van der Waals surface area (Å²) in [6.07, 6.45) is 2.04. The van der Waals surface area contributed by atoms with Crippen molar-refractivity contribution in [1.29, 1.82) is 0 Å². The van der Waals surface area contributed by atoms with E-state index in [1.807, 2.05) is 24.7 Å². The summed E-state index contributed by atoms with van der Waals surface area (Å²) in [6, 6.07) is 0. The quantitative estimate of drug-likeness (QED) is 0.837. The molecule has 0 aliphatic heterocycles. The van der Waals surface area contributed by atoms with Crippen LogP contribution in [0.3, 0.4) is 0 Å². The molecule has 0 spiro atoms. The van der Waals surface area contributed by atoms with E-state index < -0.39 is 0 Å². The van der Waals surface area contributed by atoms with Gasteiger partial charge in [0, 0.05) is 31.1 Å². The minimum Gasteiger partial charge on any atom is -0.335 e. The largest absolute Gasteiger partial charge is 0.335 e. The predicted molar refractivity (Wildman–Crippen MR) is 65.2 cm³/mol. The number of rotatable bonds is 2. The highest BCUT2D eigenvalue weighted by Gasteiger charge is 2.13. The Morgan fingerprint density at radius 1 is 1.38 bits per heavy atom. The first-order valence-electron chi connectivity index (χ1n) is 5.57. The summed E-state index contributed by atoms with van der Waals surface area (Å²) in [6.45, 7) is 6.76. The molecule has 2 N–H and O–H groups in total. The average molecular weight is 218 g/mol. The molecule has 0 unspecified atom stereocenters. The van der Waals surface area contributed by atoms with Crippen molar-refractivity contribution in [3.05, 3.63) is 23.3 Å². The van der Waals surface area contributed by atoms with Gasteiger partial charge in [-0.3, -0.25) is 0 Å². The van der Waals surface area contributed by atoms with Crippen LogP contribution in [0.5, 0.6) is 0 Å². The molecule has 2 aromatic heterocycles. The highest BCUT2D eigenvalue weighted by Crippen LogP contribution is 2.23. The van der Waals surface area contributed by atoms with Gasteiger partial charge in [-0.25, -0.2) is 9.97 Å². The fourth-order valence-corrected chi connectivity index (χ4v) is 1.98. The molecule has 0 radical (unpaired) electrons. The molecule has 0 saturated heterocycles. The van der Waals surface area contributed by atoms with Crippen LogP contribution in [0.25, 0.3) is 11.0 Å². The molecule has 86 valence electrons. The summed E-state index contributed by atoms with van der Waals surface area (Å²) in [5.41, 5.74) is 8.85. The van der Waals surface area contributed by atoms with E-state index in [9.17, 15) is 0 Å². The second kappa shape index (κ2) is 3.87. The number of hydrogen-bond donors (Lipinski definition) is 1. The molecular weight excluding hydrogens is 200 g/mol. The molecule has 0 aliphatic carbocycles. The van der Waals surface area contributed by atoms with Gasteiger partial charge in [0.2, 0.25) is 0 Å². The van der Waals surface area contributed by atoms with Gasteiger partial charge in [0.25, 0.3) is 0 Å². The van der Waals surface area contributed by atoms with E-state index in [0.717, 1.165) is 28.1 Å². The van der Waals surface area contributed by atoms with Gasteiger partial charge in [0.15, 0.2) is 0 Å². The van der Waals surface area contributed by atoms with E-state index in [-0.39, 0.29) is 0 Å². The summed E-state index contributed by atoms with van der Waals surface area (Å²) in [5, 5.41) is 1.11. The standard InChI is InChI=1S/C12H18N4/c1-7(2)11-14-8(3)10-9(5-13)6-16(4)12(10)15-11/h6-7H,5,13H2,1-4H3. The first-order chi connectivity index (χ1) is 7.54. The zero-order valence-corrected chi connectivity index (χ0v) is 10.3. The van der Waals surface area contributed by atoms with Crippen molar-refractivity contribution in [1.82, 2.24) is 14.5 Å². The topological polar surface area (TPSA) is 56.7 Å². The van der Waals surface area contributed by atoms with Gasteiger partial charge >= 0.3 is 0 Å². The third kappa shape index (κ3) is 1.59. The third-order valence-corrected chi connectivity index (χ3v) is 2.83. The predicted octanol–water partition coefficient (Wildman–Crippen LogP) is 1.86. The highest BCUT2D eigenvalue weighted by molar-refractivity contribution is 5.82. The van der Waals surface area contributed by atoms with Crippen molar-refractivity contribution in [3.8, 4) is 0 Å². The normalized spacial score (nSPS) is 11.6. The first-order valence-corrected chi connectivity index (χ1v) is 5.57. The lowest BCUT2D eigenvalue weighted by Crippen LogP contribution is -2.02.